The molecule has 1 saturated carbocycles. The third-order valence-corrected chi connectivity index (χ3v) is 4.27. The minimum Gasteiger partial charge on any atom is -0.480 e. The van der Waals surface area contributed by atoms with Crippen LogP contribution in [-0.2, 0) is 4.79 Å². The average molecular weight is 296 g/mol. The van der Waals surface area contributed by atoms with Crippen LogP contribution in [-0.4, -0.2) is 23.2 Å². The van der Waals surface area contributed by atoms with Gasteiger partial charge < -0.3 is 10.4 Å². The summed E-state index contributed by atoms with van der Waals surface area (Å²) in [6.45, 7) is 4.09. The maximum absolute atomic E-state index is 11.2. The minimum absolute atomic E-state index is 0.288. The summed E-state index contributed by atoms with van der Waals surface area (Å²) in [4.78, 5) is 11.2. The Bertz CT molecular complexity index is 469. The standard InChI is InChI=1S/C16H22ClNO2/c1-10(2)7-15(16(19)20)18-12-8-11(9-12)13-5-3-4-6-14(13)17/h3-6,10-12,15,18H,7-9H2,1-2H3,(H,19,20). The van der Waals surface area contributed by atoms with Crippen molar-refractivity contribution in [3.05, 3.63) is 34.9 Å². The Morgan fingerprint density at radius 3 is 2.60 bits per heavy atom. The van der Waals surface area contributed by atoms with E-state index < -0.39 is 12.0 Å². The van der Waals surface area contributed by atoms with E-state index in [-0.39, 0.29) is 6.04 Å². The smallest absolute Gasteiger partial charge is 0.320 e. The molecule has 0 aromatic heterocycles. The van der Waals surface area contributed by atoms with Crippen molar-refractivity contribution in [2.75, 3.05) is 0 Å². The fourth-order valence-electron chi connectivity index (χ4n) is 2.81. The summed E-state index contributed by atoms with van der Waals surface area (Å²) in [6, 6.07) is 7.76. The monoisotopic (exact) mass is 295 g/mol. The molecule has 0 amide bonds. The minimum atomic E-state index is -0.750. The zero-order chi connectivity index (χ0) is 14.7. The van der Waals surface area contributed by atoms with Gasteiger partial charge in [-0.05, 0) is 42.7 Å². The number of carboxylic acids is 1. The first-order valence-electron chi connectivity index (χ1n) is 7.20. The molecule has 1 aliphatic carbocycles. The van der Waals surface area contributed by atoms with Gasteiger partial charge in [0.1, 0.15) is 6.04 Å². The van der Waals surface area contributed by atoms with E-state index in [0.29, 0.717) is 18.3 Å². The van der Waals surface area contributed by atoms with Crippen molar-refractivity contribution < 1.29 is 9.90 Å². The molecule has 1 aromatic carbocycles. The van der Waals surface area contributed by atoms with Crippen molar-refractivity contribution in [1.82, 2.24) is 5.32 Å². The van der Waals surface area contributed by atoms with Crippen LogP contribution in [0.1, 0.15) is 44.6 Å². The molecule has 0 saturated heterocycles. The molecule has 3 nitrogen and oxygen atoms in total. The van der Waals surface area contributed by atoms with Gasteiger partial charge in [-0.15, -0.1) is 0 Å². The molecule has 0 aliphatic heterocycles. The molecule has 0 heterocycles. The number of aliphatic carboxylic acids is 1. The summed E-state index contributed by atoms with van der Waals surface area (Å²) < 4.78 is 0. The van der Waals surface area contributed by atoms with Crippen molar-refractivity contribution in [1.29, 1.82) is 0 Å². The molecular weight excluding hydrogens is 274 g/mol. The van der Waals surface area contributed by atoms with Gasteiger partial charge in [0.15, 0.2) is 0 Å². The Morgan fingerprint density at radius 2 is 2.05 bits per heavy atom. The van der Waals surface area contributed by atoms with E-state index >= 15 is 0 Å². The van der Waals surface area contributed by atoms with E-state index in [1.165, 1.54) is 5.56 Å². The second kappa shape index (κ2) is 6.59. The van der Waals surface area contributed by atoms with Gasteiger partial charge in [-0.2, -0.15) is 0 Å². The first-order chi connectivity index (χ1) is 9.47. The summed E-state index contributed by atoms with van der Waals surface area (Å²) in [6.07, 6.45) is 2.60. The van der Waals surface area contributed by atoms with E-state index in [1.807, 2.05) is 32.0 Å². The molecule has 0 radical (unpaired) electrons. The lowest BCUT2D eigenvalue weighted by molar-refractivity contribution is -0.140. The summed E-state index contributed by atoms with van der Waals surface area (Å²) in [7, 11) is 0. The Hall–Kier alpha value is -1.06. The van der Waals surface area contributed by atoms with Crippen LogP contribution >= 0.6 is 11.6 Å². The van der Waals surface area contributed by atoms with Crippen molar-refractivity contribution in [3.8, 4) is 0 Å². The molecule has 1 atom stereocenters. The molecule has 20 heavy (non-hydrogen) atoms. The zero-order valence-electron chi connectivity index (χ0n) is 12.0. The van der Waals surface area contributed by atoms with Gasteiger partial charge in [0, 0.05) is 11.1 Å². The van der Waals surface area contributed by atoms with Crippen molar-refractivity contribution >= 4 is 17.6 Å². The molecule has 1 aromatic rings. The first-order valence-corrected chi connectivity index (χ1v) is 7.58. The van der Waals surface area contributed by atoms with Gasteiger partial charge in [0.25, 0.3) is 0 Å². The highest BCUT2D eigenvalue weighted by Crippen LogP contribution is 2.40. The maximum atomic E-state index is 11.2. The number of carbonyl (C=O) groups is 1. The summed E-state index contributed by atoms with van der Waals surface area (Å²) >= 11 is 6.19. The topological polar surface area (TPSA) is 49.3 Å². The van der Waals surface area contributed by atoms with E-state index in [0.717, 1.165) is 17.9 Å². The highest BCUT2D eigenvalue weighted by molar-refractivity contribution is 6.31. The quantitative estimate of drug-likeness (QED) is 0.842. The van der Waals surface area contributed by atoms with Crippen LogP contribution in [0.15, 0.2) is 24.3 Å². The number of nitrogens with one attached hydrogen (secondary N) is 1. The third kappa shape index (κ3) is 3.74. The average Bonchev–Trinajstić information content (AvgIpc) is 2.32. The van der Waals surface area contributed by atoms with Gasteiger partial charge in [-0.3, -0.25) is 4.79 Å². The normalized spacial score (nSPS) is 23.4. The Kier molecular flexibility index (Phi) is 5.06. The predicted molar refractivity (Wildman–Crippen MR) is 81.2 cm³/mol. The Labute approximate surface area is 125 Å². The van der Waals surface area contributed by atoms with E-state index in [1.54, 1.807) is 0 Å². The number of carboxylic acid groups (broad SMARTS) is 1. The van der Waals surface area contributed by atoms with Crippen molar-refractivity contribution in [2.24, 2.45) is 5.92 Å². The molecule has 2 N–H and O–H groups in total. The van der Waals surface area contributed by atoms with Gasteiger partial charge in [-0.1, -0.05) is 43.6 Å². The molecule has 1 aliphatic rings. The SMILES string of the molecule is CC(C)CC(NC1CC(c2ccccc2Cl)C1)C(=O)O. The number of hydrogen-bond donors (Lipinski definition) is 2. The van der Waals surface area contributed by atoms with E-state index in [2.05, 4.69) is 11.4 Å². The van der Waals surface area contributed by atoms with Crippen LogP contribution in [0.25, 0.3) is 0 Å². The van der Waals surface area contributed by atoms with Crippen LogP contribution < -0.4 is 5.32 Å². The molecule has 0 bridgehead atoms. The fraction of sp³-hybridized carbons (Fsp3) is 0.562. The highest BCUT2D eigenvalue weighted by atomic mass is 35.5. The zero-order valence-corrected chi connectivity index (χ0v) is 12.7. The summed E-state index contributed by atoms with van der Waals surface area (Å²) in [5.41, 5.74) is 1.18. The molecule has 1 fully saturated rings. The Morgan fingerprint density at radius 1 is 1.40 bits per heavy atom. The van der Waals surface area contributed by atoms with Crippen LogP contribution in [0.2, 0.25) is 5.02 Å². The second-order valence-corrected chi connectivity index (χ2v) is 6.48. The van der Waals surface area contributed by atoms with Crippen LogP contribution in [0.5, 0.6) is 0 Å². The first kappa shape index (κ1) is 15.3. The summed E-state index contributed by atoms with van der Waals surface area (Å²) in [5.74, 6) is 0.0811. The fourth-order valence-corrected chi connectivity index (χ4v) is 3.10. The van der Waals surface area contributed by atoms with Crippen LogP contribution in [0.3, 0.4) is 0 Å². The largest absolute Gasteiger partial charge is 0.480 e. The van der Waals surface area contributed by atoms with E-state index in [9.17, 15) is 9.90 Å². The lowest BCUT2D eigenvalue weighted by Crippen LogP contribution is -2.49. The summed E-state index contributed by atoms with van der Waals surface area (Å²) in [5, 5.41) is 13.3. The molecular formula is C16H22ClNO2. The molecule has 0 spiro atoms. The van der Waals surface area contributed by atoms with Crippen LogP contribution in [0, 0.1) is 5.92 Å². The Balaban J connectivity index is 1.87. The van der Waals surface area contributed by atoms with Crippen molar-refractivity contribution in [3.63, 3.8) is 0 Å². The molecule has 110 valence electrons. The van der Waals surface area contributed by atoms with Crippen molar-refractivity contribution in [2.45, 2.75) is 51.1 Å². The molecule has 1 unspecified atom stereocenters. The lowest BCUT2D eigenvalue weighted by Gasteiger charge is -2.38. The van der Waals surface area contributed by atoms with Crippen LogP contribution in [0.4, 0.5) is 0 Å². The van der Waals surface area contributed by atoms with Gasteiger partial charge in [0.2, 0.25) is 0 Å². The maximum Gasteiger partial charge on any atom is 0.320 e. The highest BCUT2D eigenvalue weighted by Gasteiger charge is 2.34. The lowest BCUT2D eigenvalue weighted by atomic mass is 9.75. The van der Waals surface area contributed by atoms with Gasteiger partial charge >= 0.3 is 5.97 Å². The second-order valence-electron chi connectivity index (χ2n) is 6.07. The van der Waals surface area contributed by atoms with E-state index in [4.69, 9.17) is 11.6 Å². The molecule has 2 rings (SSSR count). The third-order valence-electron chi connectivity index (χ3n) is 3.93. The number of rotatable bonds is 6. The number of halogens is 1. The number of hydrogen-bond acceptors (Lipinski definition) is 2. The number of benzene rings is 1. The molecule has 4 heteroatoms. The van der Waals surface area contributed by atoms with Gasteiger partial charge in [-0.25, -0.2) is 0 Å². The van der Waals surface area contributed by atoms with Gasteiger partial charge in [0.05, 0.1) is 0 Å². The predicted octanol–water partition coefficient (Wildman–Crippen LogP) is 3.67.